The molecule has 0 saturated carbocycles. The summed E-state index contributed by atoms with van der Waals surface area (Å²) >= 11 is 0. The highest BCUT2D eigenvalue weighted by molar-refractivity contribution is 5.98. The molecule has 2 atom stereocenters. The summed E-state index contributed by atoms with van der Waals surface area (Å²) in [5, 5.41) is 10.9. The van der Waals surface area contributed by atoms with E-state index in [1.54, 1.807) is 0 Å². The van der Waals surface area contributed by atoms with Gasteiger partial charge >= 0.3 is 0 Å². The monoisotopic (exact) mass is 414 g/mol. The van der Waals surface area contributed by atoms with Crippen molar-refractivity contribution in [3.63, 3.8) is 0 Å². The van der Waals surface area contributed by atoms with Gasteiger partial charge in [0.05, 0.1) is 23.1 Å². The molecule has 0 bridgehead atoms. The number of carbonyl (C=O) groups is 1. The number of hydrogen-bond donors (Lipinski definition) is 5. The first-order valence-electron chi connectivity index (χ1n) is 11.1. The molecule has 2 saturated heterocycles. The van der Waals surface area contributed by atoms with Gasteiger partial charge in [-0.15, -0.1) is 0 Å². The number of imidazole rings is 1. The van der Waals surface area contributed by atoms with E-state index >= 15 is 0 Å². The van der Waals surface area contributed by atoms with Crippen molar-refractivity contribution in [1.29, 1.82) is 0 Å². The van der Waals surface area contributed by atoms with Crippen molar-refractivity contribution < 1.29 is 4.79 Å². The van der Waals surface area contributed by atoms with Gasteiger partial charge in [-0.05, 0) is 75.2 Å². The van der Waals surface area contributed by atoms with E-state index in [0.717, 1.165) is 77.1 Å². The van der Waals surface area contributed by atoms with Crippen molar-refractivity contribution in [3.05, 3.63) is 48.3 Å². The maximum absolute atomic E-state index is 12.4. The molecule has 1 amide bonds. The predicted molar refractivity (Wildman–Crippen MR) is 123 cm³/mol. The van der Waals surface area contributed by atoms with Crippen molar-refractivity contribution >= 4 is 33.5 Å². The zero-order valence-corrected chi connectivity index (χ0v) is 17.3. The second-order valence-electron chi connectivity index (χ2n) is 8.63. The Morgan fingerprint density at radius 1 is 0.935 bits per heavy atom. The summed E-state index contributed by atoms with van der Waals surface area (Å²) in [6, 6.07) is 14.7. The Morgan fingerprint density at radius 2 is 1.81 bits per heavy atom. The number of hydrogen-bond acceptors (Lipinski definition) is 4. The predicted octanol–water partition coefficient (Wildman–Crippen LogP) is 3.83. The highest BCUT2D eigenvalue weighted by atomic mass is 16.2. The average molecular weight is 415 g/mol. The fraction of sp³-hybridized carbons (Fsp3) is 0.333. The number of carbonyl (C=O) groups excluding carboxylic acids is 1. The van der Waals surface area contributed by atoms with E-state index in [1.165, 1.54) is 6.42 Å². The standard InChI is InChI=1S/C24H26N6O/c31-24(20-4-2-10-26-20)27-16-6-8-17-15(11-16)13-21(28-17)14-5-7-18-22(12-14)30-23(29-18)19-3-1-9-25-19/h5-8,11-13,19-20,25-26,28H,1-4,9-10H2,(H,27,31)(H,29,30)/t19?,20-/m0/s1. The van der Waals surface area contributed by atoms with Crippen LogP contribution in [-0.4, -0.2) is 40.0 Å². The average Bonchev–Trinajstić information content (AvgIpc) is 3.58. The minimum absolute atomic E-state index is 0.0455. The Labute approximate surface area is 180 Å². The smallest absolute Gasteiger partial charge is 0.241 e. The number of rotatable bonds is 4. The lowest BCUT2D eigenvalue weighted by Crippen LogP contribution is -2.35. The molecule has 7 nitrogen and oxygen atoms in total. The molecule has 6 rings (SSSR count). The molecular weight excluding hydrogens is 388 g/mol. The van der Waals surface area contributed by atoms with Gasteiger partial charge in [-0.25, -0.2) is 4.98 Å². The molecule has 2 aromatic carbocycles. The highest BCUT2D eigenvalue weighted by Crippen LogP contribution is 2.29. The van der Waals surface area contributed by atoms with Gasteiger partial charge in [0.2, 0.25) is 5.91 Å². The molecular formula is C24H26N6O. The molecule has 4 aromatic rings. The van der Waals surface area contributed by atoms with Gasteiger partial charge in [0.15, 0.2) is 0 Å². The van der Waals surface area contributed by atoms with E-state index in [1.807, 2.05) is 18.2 Å². The van der Waals surface area contributed by atoms with E-state index in [2.05, 4.69) is 50.2 Å². The summed E-state index contributed by atoms with van der Waals surface area (Å²) in [4.78, 5) is 24.2. The number of fused-ring (bicyclic) bond motifs is 2. The summed E-state index contributed by atoms with van der Waals surface area (Å²) in [6.07, 6.45) is 4.28. The lowest BCUT2D eigenvalue weighted by Gasteiger charge is -2.11. The molecule has 0 radical (unpaired) electrons. The van der Waals surface area contributed by atoms with E-state index < -0.39 is 0 Å². The van der Waals surface area contributed by atoms with Crippen LogP contribution in [0.1, 0.15) is 37.5 Å². The molecule has 2 aliphatic rings. The highest BCUT2D eigenvalue weighted by Gasteiger charge is 2.22. The number of aromatic amines is 2. The lowest BCUT2D eigenvalue weighted by atomic mass is 10.1. The number of benzene rings is 2. The third-order valence-electron chi connectivity index (χ3n) is 6.47. The Bertz CT molecular complexity index is 1260. The third kappa shape index (κ3) is 3.49. The first kappa shape index (κ1) is 18.6. The summed E-state index contributed by atoms with van der Waals surface area (Å²) in [6.45, 7) is 1.97. The largest absolute Gasteiger partial charge is 0.355 e. The van der Waals surface area contributed by atoms with Crippen LogP contribution in [0.5, 0.6) is 0 Å². The fourth-order valence-corrected chi connectivity index (χ4v) is 4.78. The summed E-state index contributed by atoms with van der Waals surface area (Å²) in [5.74, 6) is 1.07. The second-order valence-corrected chi connectivity index (χ2v) is 8.63. The molecule has 7 heteroatoms. The SMILES string of the molecule is O=C(Nc1ccc2[nH]c(-c3ccc4[nH]c(C5CCCN5)nc4c3)cc2c1)[C@@H]1CCCN1. The molecule has 2 aliphatic heterocycles. The molecule has 5 N–H and O–H groups in total. The minimum Gasteiger partial charge on any atom is -0.355 e. The first-order valence-corrected chi connectivity index (χ1v) is 11.1. The van der Waals surface area contributed by atoms with Crippen LogP contribution < -0.4 is 16.0 Å². The third-order valence-corrected chi connectivity index (χ3v) is 6.47. The van der Waals surface area contributed by atoms with Crippen molar-refractivity contribution in [2.24, 2.45) is 0 Å². The van der Waals surface area contributed by atoms with Crippen LogP contribution in [0, 0.1) is 0 Å². The summed E-state index contributed by atoms with van der Waals surface area (Å²) < 4.78 is 0. The van der Waals surface area contributed by atoms with Gasteiger partial charge < -0.3 is 25.9 Å². The van der Waals surface area contributed by atoms with Gasteiger partial charge in [0.1, 0.15) is 5.82 Å². The number of nitrogens with zero attached hydrogens (tertiary/aromatic N) is 1. The molecule has 31 heavy (non-hydrogen) atoms. The minimum atomic E-state index is -0.0811. The van der Waals surface area contributed by atoms with Crippen LogP contribution in [0.3, 0.4) is 0 Å². The van der Waals surface area contributed by atoms with Crippen LogP contribution in [-0.2, 0) is 4.79 Å². The van der Waals surface area contributed by atoms with Crippen molar-refractivity contribution in [3.8, 4) is 11.3 Å². The molecule has 158 valence electrons. The normalized spacial score (nSPS) is 21.3. The topological polar surface area (TPSA) is 97.6 Å². The molecule has 2 aromatic heterocycles. The lowest BCUT2D eigenvalue weighted by molar-refractivity contribution is -0.117. The van der Waals surface area contributed by atoms with Gasteiger partial charge in [-0.2, -0.15) is 0 Å². The summed E-state index contributed by atoms with van der Waals surface area (Å²) in [7, 11) is 0. The summed E-state index contributed by atoms with van der Waals surface area (Å²) in [5.41, 5.74) is 6.06. The maximum Gasteiger partial charge on any atom is 0.241 e. The Morgan fingerprint density at radius 3 is 2.65 bits per heavy atom. The molecule has 1 unspecified atom stereocenters. The van der Waals surface area contributed by atoms with Crippen LogP contribution >= 0.6 is 0 Å². The second kappa shape index (κ2) is 7.51. The number of nitrogens with one attached hydrogen (secondary N) is 5. The van der Waals surface area contributed by atoms with Crippen molar-refractivity contribution in [1.82, 2.24) is 25.6 Å². The molecule has 2 fully saturated rings. The van der Waals surface area contributed by atoms with E-state index in [4.69, 9.17) is 4.98 Å². The quantitative estimate of drug-likeness (QED) is 0.351. The van der Waals surface area contributed by atoms with Crippen LogP contribution in [0.25, 0.3) is 33.2 Å². The maximum atomic E-state index is 12.4. The number of H-pyrrole nitrogens is 2. The zero-order valence-electron chi connectivity index (χ0n) is 17.3. The first-order chi connectivity index (χ1) is 15.2. The van der Waals surface area contributed by atoms with Crippen molar-refractivity contribution in [2.45, 2.75) is 37.8 Å². The molecule has 0 aliphatic carbocycles. The Kier molecular flexibility index (Phi) is 4.51. The van der Waals surface area contributed by atoms with Crippen LogP contribution in [0.15, 0.2) is 42.5 Å². The van der Waals surface area contributed by atoms with E-state index in [0.29, 0.717) is 6.04 Å². The van der Waals surface area contributed by atoms with Gasteiger partial charge in [-0.1, -0.05) is 6.07 Å². The van der Waals surface area contributed by atoms with Crippen LogP contribution in [0.2, 0.25) is 0 Å². The van der Waals surface area contributed by atoms with E-state index in [-0.39, 0.29) is 11.9 Å². The Balaban J connectivity index is 1.27. The number of amides is 1. The van der Waals surface area contributed by atoms with Gasteiger partial charge in [0.25, 0.3) is 0 Å². The van der Waals surface area contributed by atoms with E-state index in [9.17, 15) is 4.79 Å². The molecule has 4 heterocycles. The zero-order chi connectivity index (χ0) is 20.8. The van der Waals surface area contributed by atoms with Crippen LogP contribution in [0.4, 0.5) is 5.69 Å². The number of aromatic nitrogens is 3. The van der Waals surface area contributed by atoms with Gasteiger partial charge in [-0.3, -0.25) is 4.79 Å². The van der Waals surface area contributed by atoms with Crippen molar-refractivity contribution in [2.75, 3.05) is 18.4 Å². The number of anilines is 1. The molecule has 0 spiro atoms. The van der Waals surface area contributed by atoms with Gasteiger partial charge in [0, 0.05) is 27.8 Å². The Hall–Kier alpha value is -3.16. The fourth-order valence-electron chi connectivity index (χ4n) is 4.78.